The molecule has 0 bridgehead atoms. The van der Waals surface area contributed by atoms with Gasteiger partial charge in [-0.15, -0.1) is 11.3 Å². The molecule has 0 saturated carbocycles. The minimum atomic E-state index is -0.872. The maximum Gasteiger partial charge on any atom is 0.180 e. The van der Waals surface area contributed by atoms with E-state index in [1.165, 1.54) is 28.7 Å². The minimum absolute atomic E-state index is 0.0744. The maximum absolute atomic E-state index is 9.77. The second-order valence-electron chi connectivity index (χ2n) is 10.0. The predicted octanol–water partition coefficient (Wildman–Crippen LogP) is 7.16. The van der Waals surface area contributed by atoms with E-state index in [1.54, 1.807) is 0 Å². The second kappa shape index (κ2) is 9.05. The number of hydrogen-bond donors (Lipinski definition) is 1. The van der Waals surface area contributed by atoms with Gasteiger partial charge in [0.05, 0.1) is 0 Å². The molecule has 0 aliphatic heterocycles. The molecule has 0 spiro atoms. The Bertz CT molecular complexity index is 944. The van der Waals surface area contributed by atoms with Crippen LogP contribution in [0.4, 0.5) is 0 Å². The highest BCUT2D eigenvalue weighted by Crippen LogP contribution is 2.33. The molecular formula is C27H34O2S. The zero-order chi connectivity index (χ0) is 21.9. The SMILES string of the molecule is COC(O)c1ccc(-c2ccc(C(C)(C)Cc3csc(CC(C)(C)C)c3)cc2)cc1. The summed E-state index contributed by atoms with van der Waals surface area (Å²) in [5.74, 6) is 0. The molecular weight excluding hydrogens is 388 g/mol. The summed E-state index contributed by atoms with van der Waals surface area (Å²) in [7, 11) is 1.50. The van der Waals surface area contributed by atoms with E-state index in [4.69, 9.17) is 4.74 Å². The highest BCUT2D eigenvalue weighted by Gasteiger charge is 2.22. The first-order chi connectivity index (χ1) is 14.1. The quantitative estimate of drug-likeness (QED) is 0.409. The minimum Gasteiger partial charge on any atom is -0.364 e. The summed E-state index contributed by atoms with van der Waals surface area (Å²) in [5, 5.41) is 12.1. The van der Waals surface area contributed by atoms with E-state index in [-0.39, 0.29) is 5.41 Å². The number of aliphatic hydroxyl groups is 1. The molecule has 1 unspecified atom stereocenters. The monoisotopic (exact) mass is 422 g/mol. The van der Waals surface area contributed by atoms with Gasteiger partial charge in [-0.3, -0.25) is 0 Å². The van der Waals surface area contributed by atoms with E-state index >= 15 is 0 Å². The van der Waals surface area contributed by atoms with Gasteiger partial charge in [0.1, 0.15) is 0 Å². The normalized spacial score (nSPS) is 13.4. The molecule has 1 N–H and O–H groups in total. The van der Waals surface area contributed by atoms with Gasteiger partial charge in [-0.1, -0.05) is 83.1 Å². The van der Waals surface area contributed by atoms with Crippen LogP contribution in [0.3, 0.4) is 0 Å². The second-order valence-corrected chi connectivity index (χ2v) is 11.0. The van der Waals surface area contributed by atoms with Gasteiger partial charge in [0, 0.05) is 17.6 Å². The number of thiophene rings is 1. The van der Waals surface area contributed by atoms with E-state index < -0.39 is 6.29 Å². The highest BCUT2D eigenvalue weighted by atomic mass is 32.1. The molecule has 1 atom stereocenters. The van der Waals surface area contributed by atoms with Crippen molar-refractivity contribution < 1.29 is 9.84 Å². The molecule has 3 rings (SSSR count). The van der Waals surface area contributed by atoms with Crippen molar-refractivity contribution in [3.8, 4) is 11.1 Å². The van der Waals surface area contributed by atoms with E-state index in [0.717, 1.165) is 24.0 Å². The van der Waals surface area contributed by atoms with Crippen molar-refractivity contribution >= 4 is 11.3 Å². The van der Waals surface area contributed by atoms with Crippen molar-refractivity contribution in [1.29, 1.82) is 0 Å². The summed E-state index contributed by atoms with van der Waals surface area (Å²) < 4.78 is 4.97. The molecule has 0 amide bonds. The van der Waals surface area contributed by atoms with Crippen LogP contribution in [0.1, 0.15) is 62.5 Å². The lowest BCUT2D eigenvalue weighted by Crippen LogP contribution is -2.20. The molecule has 1 heterocycles. The fourth-order valence-electron chi connectivity index (χ4n) is 3.84. The largest absolute Gasteiger partial charge is 0.364 e. The van der Waals surface area contributed by atoms with Crippen LogP contribution in [0.5, 0.6) is 0 Å². The van der Waals surface area contributed by atoms with E-state index in [2.05, 4.69) is 70.3 Å². The first-order valence-electron chi connectivity index (χ1n) is 10.6. The maximum atomic E-state index is 9.77. The molecule has 160 valence electrons. The van der Waals surface area contributed by atoms with Gasteiger partial charge < -0.3 is 9.84 Å². The molecule has 30 heavy (non-hydrogen) atoms. The Morgan fingerprint density at radius 1 is 0.867 bits per heavy atom. The third kappa shape index (κ3) is 5.81. The number of ether oxygens (including phenoxy) is 1. The Balaban J connectivity index is 1.71. The van der Waals surface area contributed by atoms with Crippen LogP contribution in [-0.2, 0) is 23.0 Å². The van der Waals surface area contributed by atoms with Crippen LogP contribution in [0.15, 0.2) is 60.0 Å². The molecule has 0 fully saturated rings. The Labute approximate surface area is 185 Å². The number of hydrogen-bond acceptors (Lipinski definition) is 3. The number of rotatable bonds is 7. The van der Waals surface area contributed by atoms with Crippen LogP contribution in [0.2, 0.25) is 0 Å². The third-order valence-corrected chi connectivity index (χ3v) is 6.46. The van der Waals surface area contributed by atoms with E-state index in [1.807, 2.05) is 35.6 Å². The standard InChI is InChI=1S/C27H34O2S/c1-26(2,3)17-24-15-19(18-30-24)16-27(4,5)23-13-11-21(12-14-23)20-7-9-22(10-8-20)25(28)29-6/h7-15,18,25,28H,16-17H2,1-6H3. The Hall–Kier alpha value is -1.94. The topological polar surface area (TPSA) is 29.5 Å². The summed E-state index contributed by atoms with van der Waals surface area (Å²) >= 11 is 1.89. The zero-order valence-electron chi connectivity index (χ0n) is 19.0. The van der Waals surface area contributed by atoms with Crippen molar-refractivity contribution in [2.75, 3.05) is 7.11 Å². The molecule has 2 nitrogen and oxygen atoms in total. The van der Waals surface area contributed by atoms with Gasteiger partial charge in [0.15, 0.2) is 6.29 Å². The number of benzene rings is 2. The summed E-state index contributed by atoms with van der Waals surface area (Å²) in [6.07, 6.45) is 1.30. The van der Waals surface area contributed by atoms with Gasteiger partial charge in [-0.2, -0.15) is 0 Å². The molecule has 1 aromatic heterocycles. The van der Waals surface area contributed by atoms with Crippen molar-refractivity contribution in [3.63, 3.8) is 0 Å². The fourth-order valence-corrected chi connectivity index (χ4v) is 5.03. The van der Waals surface area contributed by atoms with Crippen LogP contribution >= 0.6 is 11.3 Å². The smallest absolute Gasteiger partial charge is 0.180 e. The number of aliphatic hydroxyl groups excluding tert-OH is 1. The lowest BCUT2D eigenvalue weighted by Gasteiger charge is -2.25. The number of methoxy groups -OCH3 is 1. The Morgan fingerprint density at radius 2 is 1.43 bits per heavy atom. The van der Waals surface area contributed by atoms with Crippen LogP contribution in [0, 0.1) is 5.41 Å². The summed E-state index contributed by atoms with van der Waals surface area (Å²) in [5.41, 5.74) is 6.26. The van der Waals surface area contributed by atoms with Crippen LogP contribution in [-0.4, -0.2) is 12.2 Å². The first kappa shape index (κ1) is 22.7. The van der Waals surface area contributed by atoms with Crippen molar-refractivity contribution in [2.24, 2.45) is 5.41 Å². The molecule has 0 aliphatic rings. The molecule has 3 aromatic rings. The fraction of sp³-hybridized carbons (Fsp3) is 0.407. The molecule has 2 aromatic carbocycles. The third-order valence-electron chi connectivity index (χ3n) is 5.48. The Morgan fingerprint density at radius 3 is 1.97 bits per heavy atom. The van der Waals surface area contributed by atoms with Gasteiger partial charge in [-0.25, -0.2) is 0 Å². The summed E-state index contributed by atoms with van der Waals surface area (Å²) in [4.78, 5) is 1.48. The molecule has 0 saturated heterocycles. The lowest BCUT2D eigenvalue weighted by atomic mass is 9.79. The zero-order valence-corrected chi connectivity index (χ0v) is 19.8. The van der Waals surface area contributed by atoms with Gasteiger partial charge >= 0.3 is 0 Å². The van der Waals surface area contributed by atoms with E-state index in [0.29, 0.717) is 5.41 Å². The molecule has 0 aliphatic carbocycles. The summed E-state index contributed by atoms with van der Waals surface area (Å²) in [6.45, 7) is 11.5. The van der Waals surface area contributed by atoms with E-state index in [9.17, 15) is 5.11 Å². The van der Waals surface area contributed by atoms with Crippen molar-refractivity contribution in [3.05, 3.63) is 81.5 Å². The molecule has 3 heteroatoms. The average molecular weight is 423 g/mol. The van der Waals surface area contributed by atoms with Crippen molar-refractivity contribution in [2.45, 2.75) is 59.2 Å². The van der Waals surface area contributed by atoms with Crippen molar-refractivity contribution in [1.82, 2.24) is 0 Å². The van der Waals surface area contributed by atoms with Crippen LogP contribution < -0.4 is 0 Å². The van der Waals surface area contributed by atoms with Gasteiger partial charge in [0.25, 0.3) is 0 Å². The van der Waals surface area contributed by atoms with Gasteiger partial charge in [-0.05, 0) is 57.4 Å². The predicted molar refractivity (Wildman–Crippen MR) is 128 cm³/mol. The van der Waals surface area contributed by atoms with Gasteiger partial charge in [0.2, 0.25) is 0 Å². The summed E-state index contributed by atoms with van der Waals surface area (Å²) in [6, 6.07) is 19.1. The van der Waals surface area contributed by atoms with Crippen LogP contribution in [0.25, 0.3) is 11.1 Å². The first-order valence-corrected chi connectivity index (χ1v) is 11.4. The lowest BCUT2D eigenvalue weighted by molar-refractivity contribution is -0.0769. The average Bonchev–Trinajstić information content (AvgIpc) is 3.11. The highest BCUT2D eigenvalue weighted by molar-refractivity contribution is 7.10. The Kier molecular flexibility index (Phi) is 6.86. The molecule has 0 radical (unpaired) electrons.